The lowest BCUT2D eigenvalue weighted by molar-refractivity contribution is -0.144. The van der Waals surface area contributed by atoms with Crippen LogP contribution < -0.4 is 10.6 Å². The van der Waals surface area contributed by atoms with Crippen LogP contribution in [0.1, 0.15) is 79.8 Å². The molecule has 1 aromatic rings. The van der Waals surface area contributed by atoms with Gasteiger partial charge in [-0.3, -0.25) is 9.59 Å². The Hall–Kier alpha value is -2.77. The van der Waals surface area contributed by atoms with Crippen LogP contribution in [0, 0.1) is 0 Å². The van der Waals surface area contributed by atoms with Gasteiger partial charge in [-0.25, -0.2) is 4.79 Å². The molecular weight excluding hydrogens is 410 g/mol. The number of alkyl carbamates (subject to hydrolysis) is 1. The molecule has 0 saturated heterocycles. The smallest absolute Gasteiger partial charge is 0.408 e. The number of carbonyl (C=O) groups excluding carboxylic acids is 3. The van der Waals surface area contributed by atoms with Crippen molar-refractivity contribution < 1.29 is 24.2 Å². The van der Waals surface area contributed by atoms with Crippen LogP contribution in [0.3, 0.4) is 0 Å². The van der Waals surface area contributed by atoms with Crippen molar-refractivity contribution >= 4 is 17.9 Å². The second-order valence-corrected chi connectivity index (χ2v) is 9.37. The maximum Gasteiger partial charge on any atom is 0.408 e. The molecule has 1 aromatic carbocycles. The number of nitrogens with one attached hydrogen (secondary N) is 2. The number of rotatable bonds is 9. The van der Waals surface area contributed by atoms with E-state index < -0.39 is 29.7 Å². The van der Waals surface area contributed by atoms with Gasteiger partial charge >= 0.3 is 6.09 Å². The van der Waals surface area contributed by atoms with E-state index in [4.69, 9.17) is 4.74 Å². The molecule has 1 rings (SSSR count). The van der Waals surface area contributed by atoms with E-state index in [9.17, 15) is 19.5 Å². The molecule has 32 heavy (non-hydrogen) atoms. The lowest BCUT2D eigenvalue weighted by Crippen LogP contribution is -2.54. The fourth-order valence-electron chi connectivity index (χ4n) is 3.41. The standard InChI is InChI=1S/C24H39N3O5/c1-9-12-16(4)25-21(29)20(18-13-10-11-14-19(18)28)27(15(2)3)22(30)17(5)26-23(31)32-24(6,7)8/h10-11,13-17,20,28H,9,12H2,1-8H3,(H,25,29)(H,26,31). The summed E-state index contributed by atoms with van der Waals surface area (Å²) in [4.78, 5) is 40.3. The van der Waals surface area contributed by atoms with Crippen LogP contribution in [0.5, 0.6) is 5.75 Å². The summed E-state index contributed by atoms with van der Waals surface area (Å²) in [6.07, 6.45) is 0.958. The number of phenolic OH excluding ortho intramolecular Hbond substituents is 1. The van der Waals surface area contributed by atoms with Crippen molar-refractivity contribution in [2.75, 3.05) is 0 Å². The first kappa shape index (κ1) is 27.3. The van der Waals surface area contributed by atoms with Gasteiger partial charge in [-0.15, -0.1) is 0 Å². The van der Waals surface area contributed by atoms with Crippen molar-refractivity contribution in [3.63, 3.8) is 0 Å². The first-order valence-corrected chi connectivity index (χ1v) is 11.2. The minimum atomic E-state index is -1.06. The average molecular weight is 450 g/mol. The lowest BCUT2D eigenvalue weighted by atomic mass is 9.99. The molecule has 0 spiro atoms. The predicted molar refractivity (Wildman–Crippen MR) is 124 cm³/mol. The Morgan fingerprint density at radius 2 is 1.66 bits per heavy atom. The van der Waals surface area contributed by atoms with E-state index in [0.29, 0.717) is 5.56 Å². The maximum absolute atomic E-state index is 13.4. The van der Waals surface area contributed by atoms with Crippen LogP contribution in [0.2, 0.25) is 0 Å². The largest absolute Gasteiger partial charge is 0.508 e. The van der Waals surface area contributed by atoms with Crippen molar-refractivity contribution in [2.24, 2.45) is 0 Å². The van der Waals surface area contributed by atoms with Crippen LogP contribution >= 0.6 is 0 Å². The molecule has 3 unspecified atom stereocenters. The van der Waals surface area contributed by atoms with E-state index >= 15 is 0 Å². The summed E-state index contributed by atoms with van der Waals surface area (Å²) in [6, 6.07) is 3.98. The SMILES string of the molecule is CCCC(C)NC(=O)C(c1ccccc1O)N(C(=O)C(C)NC(=O)OC(C)(C)C)C(C)C. The van der Waals surface area contributed by atoms with Gasteiger partial charge in [0.25, 0.3) is 0 Å². The summed E-state index contributed by atoms with van der Waals surface area (Å²) >= 11 is 0. The number of hydrogen-bond acceptors (Lipinski definition) is 5. The summed E-state index contributed by atoms with van der Waals surface area (Å²) in [5.41, 5.74) is -0.390. The van der Waals surface area contributed by atoms with Gasteiger partial charge in [-0.2, -0.15) is 0 Å². The second kappa shape index (κ2) is 11.7. The maximum atomic E-state index is 13.4. The number of aromatic hydroxyl groups is 1. The summed E-state index contributed by atoms with van der Waals surface area (Å²) in [5, 5.41) is 16.0. The summed E-state index contributed by atoms with van der Waals surface area (Å²) < 4.78 is 5.25. The number of para-hydroxylation sites is 1. The van der Waals surface area contributed by atoms with Crippen molar-refractivity contribution in [1.82, 2.24) is 15.5 Å². The van der Waals surface area contributed by atoms with E-state index in [2.05, 4.69) is 10.6 Å². The number of nitrogens with zero attached hydrogens (tertiary/aromatic N) is 1. The molecule has 0 aliphatic heterocycles. The Morgan fingerprint density at radius 3 is 2.16 bits per heavy atom. The van der Waals surface area contributed by atoms with E-state index in [1.54, 1.807) is 59.7 Å². The molecule has 0 aromatic heterocycles. The number of phenols is 1. The molecule has 0 heterocycles. The van der Waals surface area contributed by atoms with Crippen molar-refractivity contribution in [2.45, 2.75) is 98.0 Å². The van der Waals surface area contributed by atoms with Crippen molar-refractivity contribution in [1.29, 1.82) is 0 Å². The molecule has 0 radical (unpaired) electrons. The van der Waals surface area contributed by atoms with Gasteiger partial charge < -0.3 is 25.4 Å². The third kappa shape index (κ3) is 8.05. The fourth-order valence-corrected chi connectivity index (χ4v) is 3.41. The minimum Gasteiger partial charge on any atom is -0.508 e. The van der Waals surface area contributed by atoms with E-state index in [0.717, 1.165) is 12.8 Å². The van der Waals surface area contributed by atoms with Gasteiger partial charge in [-0.05, 0) is 61.0 Å². The molecule has 3 atom stereocenters. The predicted octanol–water partition coefficient (Wildman–Crippen LogP) is 3.89. The molecule has 0 aliphatic carbocycles. The Labute approximate surface area is 191 Å². The average Bonchev–Trinajstić information content (AvgIpc) is 2.64. The molecule has 8 heteroatoms. The van der Waals surface area contributed by atoms with E-state index in [1.165, 1.54) is 11.0 Å². The Bertz CT molecular complexity index is 788. The zero-order valence-corrected chi connectivity index (χ0v) is 20.6. The summed E-state index contributed by atoms with van der Waals surface area (Å²) in [5.74, 6) is -0.932. The molecule has 0 bridgehead atoms. The summed E-state index contributed by atoms with van der Waals surface area (Å²) in [6.45, 7) is 14.2. The molecule has 0 aliphatic rings. The summed E-state index contributed by atoms with van der Waals surface area (Å²) in [7, 11) is 0. The number of amides is 3. The third-order valence-electron chi connectivity index (χ3n) is 4.78. The molecule has 8 nitrogen and oxygen atoms in total. The van der Waals surface area contributed by atoms with Gasteiger partial charge in [-0.1, -0.05) is 31.5 Å². The fraction of sp³-hybridized carbons (Fsp3) is 0.625. The molecule has 3 N–H and O–H groups in total. The van der Waals surface area contributed by atoms with Gasteiger partial charge in [0.05, 0.1) is 0 Å². The zero-order valence-electron chi connectivity index (χ0n) is 20.6. The molecular formula is C24H39N3O5. The van der Waals surface area contributed by atoms with Crippen LogP contribution in [0.15, 0.2) is 24.3 Å². The normalized spacial score (nSPS) is 14.3. The van der Waals surface area contributed by atoms with Crippen LogP contribution in [-0.2, 0) is 14.3 Å². The highest BCUT2D eigenvalue weighted by Crippen LogP contribution is 2.31. The number of benzene rings is 1. The Kier molecular flexibility index (Phi) is 10.0. The van der Waals surface area contributed by atoms with E-state index in [-0.39, 0.29) is 23.7 Å². The zero-order chi connectivity index (χ0) is 24.6. The topological polar surface area (TPSA) is 108 Å². The molecule has 0 saturated carbocycles. The minimum absolute atomic E-state index is 0.0815. The van der Waals surface area contributed by atoms with Crippen LogP contribution in [0.25, 0.3) is 0 Å². The molecule has 0 fully saturated rings. The first-order chi connectivity index (χ1) is 14.8. The van der Waals surface area contributed by atoms with E-state index in [1.807, 2.05) is 13.8 Å². The van der Waals surface area contributed by atoms with Gasteiger partial charge in [0.15, 0.2) is 0 Å². The highest BCUT2D eigenvalue weighted by molar-refractivity contribution is 5.92. The Morgan fingerprint density at radius 1 is 1.06 bits per heavy atom. The van der Waals surface area contributed by atoms with Crippen molar-refractivity contribution in [3.05, 3.63) is 29.8 Å². The van der Waals surface area contributed by atoms with Gasteiger partial charge in [0.1, 0.15) is 23.4 Å². The number of hydrogen-bond donors (Lipinski definition) is 3. The second-order valence-electron chi connectivity index (χ2n) is 9.37. The first-order valence-electron chi connectivity index (χ1n) is 11.2. The number of carbonyl (C=O) groups is 3. The Balaban J connectivity index is 3.29. The van der Waals surface area contributed by atoms with Crippen LogP contribution in [0.4, 0.5) is 4.79 Å². The number of ether oxygens (including phenoxy) is 1. The van der Waals surface area contributed by atoms with Gasteiger partial charge in [0.2, 0.25) is 11.8 Å². The quantitative estimate of drug-likeness (QED) is 0.530. The highest BCUT2D eigenvalue weighted by atomic mass is 16.6. The molecule has 3 amide bonds. The lowest BCUT2D eigenvalue weighted by Gasteiger charge is -2.37. The monoisotopic (exact) mass is 449 g/mol. The molecule has 180 valence electrons. The van der Waals surface area contributed by atoms with Crippen LogP contribution in [-0.4, -0.2) is 51.6 Å². The van der Waals surface area contributed by atoms with Crippen molar-refractivity contribution in [3.8, 4) is 5.75 Å². The van der Waals surface area contributed by atoms with Gasteiger partial charge in [0, 0.05) is 17.6 Å². The highest BCUT2D eigenvalue weighted by Gasteiger charge is 2.37. The third-order valence-corrected chi connectivity index (χ3v) is 4.78.